The average Bonchev–Trinajstić information content (AvgIpc) is 3.53. The first-order valence-electron chi connectivity index (χ1n) is 22.2. The van der Waals surface area contributed by atoms with Crippen molar-refractivity contribution in [1.82, 2.24) is 0 Å². The molecule has 2 aromatic rings. The van der Waals surface area contributed by atoms with Crippen LogP contribution in [-0.2, 0) is 37.1 Å². The van der Waals surface area contributed by atoms with Crippen molar-refractivity contribution in [1.29, 1.82) is 0 Å². The molecule has 0 amide bonds. The number of hydrogen-bond acceptors (Lipinski definition) is 5. The molecule has 6 aliphatic carbocycles. The van der Waals surface area contributed by atoms with Gasteiger partial charge in [-0.2, -0.15) is 0 Å². The predicted molar refractivity (Wildman–Crippen MR) is 226 cm³/mol. The van der Waals surface area contributed by atoms with E-state index in [4.69, 9.17) is 9.47 Å². The van der Waals surface area contributed by atoms with Crippen LogP contribution in [0.1, 0.15) is 130 Å². The van der Waals surface area contributed by atoms with E-state index in [0.29, 0.717) is 37.5 Å². The van der Waals surface area contributed by atoms with Crippen LogP contribution in [0, 0.1) is 56.2 Å². The molecule has 0 radical (unpaired) electrons. The fraction of sp³-hybridized carbons (Fsp3) is 0.596. The maximum Gasteiger partial charge on any atom is 0.317 e. The van der Waals surface area contributed by atoms with Crippen molar-refractivity contribution in [2.45, 2.75) is 132 Å². The Morgan fingerprint density at radius 3 is 1.97 bits per heavy atom. The van der Waals surface area contributed by atoms with Crippen molar-refractivity contribution in [3.05, 3.63) is 106 Å². The van der Waals surface area contributed by atoms with Gasteiger partial charge in [0.15, 0.2) is 5.78 Å². The lowest BCUT2D eigenvalue weighted by Gasteiger charge is -2.71. The number of benzene rings is 2. The Balaban J connectivity index is 1.05. The van der Waals surface area contributed by atoms with E-state index in [1.807, 2.05) is 60.7 Å². The zero-order valence-electron chi connectivity index (χ0n) is 36.1. The van der Waals surface area contributed by atoms with E-state index in [1.165, 1.54) is 11.1 Å². The van der Waals surface area contributed by atoms with Crippen molar-refractivity contribution in [2.75, 3.05) is 6.67 Å². The van der Waals surface area contributed by atoms with Crippen molar-refractivity contribution in [2.24, 2.45) is 56.2 Å². The van der Waals surface area contributed by atoms with E-state index >= 15 is 0 Å². The predicted octanol–water partition coefficient (Wildman–Crippen LogP) is 12.1. The highest BCUT2D eigenvalue weighted by Gasteiger charge is 2.70. The molecule has 3 saturated carbocycles. The number of allylic oxidation sites excluding steroid dienone is 5. The molecule has 0 N–H and O–H groups in total. The third kappa shape index (κ3) is 6.15. The summed E-state index contributed by atoms with van der Waals surface area (Å²) in [5.74, 6) is 0.685. The SMILES string of the molecule is CC(C)C1=C2[C@H]3CC[C@@H]4[C@@]5(C)CC=C(C6=CC[C@](CF)(C(=O)OCc7ccccc7)CC6)C(C)(C)[C@@H]5CC[C@@]4(C)[C@]3(C)CC[C@@]2(C(=O)OCc2ccccc2)CC1=O. The number of carbonyl (C=O) groups is 3. The largest absolute Gasteiger partial charge is 0.460 e. The van der Waals surface area contributed by atoms with E-state index in [0.717, 1.165) is 60.8 Å². The van der Waals surface area contributed by atoms with E-state index in [-0.39, 0.29) is 64.9 Å². The lowest BCUT2D eigenvalue weighted by Crippen LogP contribution is -2.64. The van der Waals surface area contributed by atoms with Gasteiger partial charge in [-0.15, -0.1) is 0 Å². The van der Waals surface area contributed by atoms with E-state index in [1.54, 1.807) is 0 Å². The number of ether oxygens (including phenoxy) is 2. The normalized spacial score (nSPS) is 36.5. The number of Topliss-reactive ketones (excluding diaryl/α,β-unsaturated/α-hetero) is 1. The van der Waals surface area contributed by atoms with Crippen molar-refractivity contribution in [3.63, 3.8) is 0 Å². The number of halogens is 1. The van der Waals surface area contributed by atoms with Gasteiger partial charge in [0.2, 0.25) is 0 Å². The van der Waals surface area contributed by atoms with Gasteiger partial charge in [-0.25, -0.2) is 4.39 Å². The van der Waals surface area contributed by atoms with Crippen molar-refractivity contribution < 1.29 is 28.2 Å². The Morgan fingerprint density at radius 2 is 1.38 bits per heavy atom. The molecular formula is C52H65FO5. The molecule has 0 bridgehead atoms. The molecule has 310 valence electrons. The summed E-state index contributed by atoms with van der Waals surface area (Å²) in [6.07, 6.45) is 13.3. The highest BCUT2D eigenvalue weighted by molar-refractivity contribution is 6.06. The molecule has 6 aliphatic rings. The minimum atomic E-state index is -1.13. The number of rotatable bonds is 9. The summed E-state index contributed by atoms with van der Waals surface area (Å²) >= 11 is 0. The number of esters is 2. The molecular weight excluding hydrogens is 724 g/mol. The molecule has 0 saturated heterocycles. The van der Waals surface area contributed by atoms with Gasteiger partial charge in [0.1, 0.15) is 19.9 Å². The van der Waals surface area contributed by atoms with Gasteiger partial charge in [0, 0.05) is 6.42 Å². The zero-order chi connectivity index (χ0) is 41.3. The molecule has 0 aliphatic heterocycles. The summed E-state index contributed by atoms with van der Waals surface area (Å²) in [4.78, 5) is 41.8. The summed E-state index contributed by atoms with van der Waals surface area (Å²) in [5, 5.41) is 0. The van der Waals surface area contributed by atoms with Crippen LogP contribution in [0.15, 0.2) is 95.1 Å². The maximum absolute atomic E-state index is 14.8. The maximum atomic E-state index is 14.8. The molecule has 5 nitrogen and oxygen atoms in total. The van der Waals surface area contributed by atoms with Crippen LogP contribution in [0.5, 0.6) is 0 Å². The van der Waals surface area contributed by atoms with Crippen LogP contribution in [0.3, 0.4) is 0 Å². The minimum absolute atomic E-state index is 0.0361. The van der Waals surface area contributed by atoms with Crippen LogP contribution in [0.25, 0.3) is 0 Å². The minimum Gasteiger partial charge on any atom is -0.460 e. The van der Waals surface area contributed by atoms with Gasteiger partial charge in [-0.1, -0.05) is 121 Å². The Labute approximate surface area is 346 Å². The number of hydrogen-bond donors (Lipinski definition) is 0. The molecule has 3 fully saturated rings. The monoisotopic (exact) mass is 788 g/mol. The fourth-order valence-electron chi connectivity index (χ4n) is 14.3. The first kappa shape index (κ1) is 41.0. The van der Waals surface area contributed by atoms with Gasteiger partial charge in [0.05, 0.1) is 10.8 Å². The van der Waals surface area contributed by atoms with Gasteiger partial charge in [0.25, 0.3) is 0 Å². The molecule has 8 rings (SSSR count). The highest BCUT2D eigenvalue weighted by atomic mass is 19.1. The van der Waals surface area contributed by atoms with Gasteiger partial charge < -0.3 is 9.47 Å². The second-order valence-corrected chi connectivity index (χ2v) is 20.8. The van der Waals surface area contributed by atoms with Crippen LogP contribution < -0.4 is 0 Å². The van der Waals surface area contributed by atoms with Gasteiger partial charge in [-0.05, 0) is 143 Å². The van der Waals surface area contributed by atoms with E-state index in [2.05, 4.69) is 60.6 Å². The molecule has 0 unspecified atom stereocenters. The van der Waals surface area contributed by atoms with Crippen LogP contribution in [-0.4, -0.2) is 24.4 Å². The summed E-state index contributed by atoms with van der Waals surface area (Å²) < 4.78 is 26.6. The summed E-state index contributed by atoms with van der Waals surface area (Å²) in [5.41, 5.74) is 4.55. The lowest BCUT2D eigenvalue weighted by atomic mass is 9.33. The Hall–Kier alpha value is -3.80. The zero-order valence-corrected chi connectivity index (χ0v) is 36.1. The second kappa shape index (κ2) is 14.7. The summed E-state index contributed by atoms with van der Waals surface area (Å²) in [7, 11) is 0. The summed E-state index contributed by atoms with van der Waals surface area (Å²) in [6, 6.07) is 19.5. The van der Waals surface area contributed by atoms with E-state index < -0.39 is 23.5 Å². The Bertz CT molecular complexity index is 2040. The van der Waals surface area contributed by atoms with Crippen LogP contribution in [0.4, 0.5) is 4.39 Å². The first-order chi connectivity index (χ1) is 27.6. The molecule has 0 aromatic heterocycles. The number of fused-ring (bicyclic) bond motifs is 7. The standard InChI is InChI=1S/C52H65FO5/c1-34(2)43-40(54)30-52(46(56)58-32-36-16-12-9-13-17-36)29-28-49(6)39(44(43)52)18-19-42-48(5)24-22-38(47(3,4)41(48)23-25-50(42,49)7)37-20-26-51(33-53,27-21-37)45(55)57-31-35-14-10-8-11-15-35/h8-17,20,22,34,39,41-42H,18-19,21,23-33H2,1-7H3/t39-,41+,42-,48+,49-,50-,51+,52-/m1/s1. The smallest absolute Gasteiger partial charge is 0.317 e. The Kier molecular flexibility index (Phi) is 10.4. The second-order valence-electron chi connectivity index (χ2n) is 20.8. The van der Waals surface area contributed by atoms with Crippen molar-refractivity contribution >= 4 is 17.7 Å². The fourth-order valence-corrected chi connectivity index (χ4v) is 14.3. The quantitative estimate of drug-likeness (QED) is 0.237. The highest BCUT2D eigenvalue weighted by Crippen LogP contribution is 2.77. The summed E-state index contributed by atoms with van der Waals surface area (Å²) in [6.45, 7) is 16.4. The molecule has 0 spiro atoms. The topological polar surface area (TPSA) is 69.7 Å². The average molecular weight is 789 g/mol. The number of alkyl halides is 1. The molecule has 8 atom stereocenters. The molecule has 2 aromatic carbocycles. The third-order valence-corrected chi connectivity index (χ3v) is 17.5. The van der Waals surface area contributed by atoms with Gasteiger partial charge in [-0.3, -0.25) is 14.4 Å². The molecule has 58 heavy (non-hydrogen) atoms. The lowest BCUT2D eigenvalue weighted by molar-refractivity contribution is -0.202. The molecule has 0 heterocycles. The number of carbonyl (C=O) groups excluding carboxylic acids is 3. The van der Waals surface area contributed by atoms with E-state index in [9.17, 15) is 18.8 Å². The van der Waals surface area contributed by atoms with Crippen LogP contribution in [0.2, 0.25) is 0 Å². The van der Waals surface area contributed by atoms with Gasteiger partial charge >= 0.3 is 11.9 Å². The molecule has 6 heteroatoms. The van der Waals surface area contributed by atoms with Crippen molar-refractivity contribution in [3.8, 4) is 0 Å². The van der Waals surface area contributed by atoms with Crippen LogP contribution >= 0.6 is 0 Å². The third-order valence-electron chi connectivity index (χ3n) is 17.5. The number of ketones is 1. The first-order valence-corrected chi connectivity index (χ1v) is 22.2. The Morgan fingerprint density at radius 1 is 0.741 bits per heavy atom.